The Morgan fingerprint density at radius 3 is 2.54 bits per heavy atom. The second kappa shape index (κ2) is 9.58. The molecule has 3 aromatic carbocycles. The molecule has 0 bridgehead atoms. The van der Waals surface area contributed by atoms with Gasteiger partial charge in [0.1, 0.15) is 5.69 Å². The number of rotatable bonds is 2. The van der Waals surface area contributed by atoms with E-state index in [0.29, 0.717) is 38.9 Å². The van der Waals surface area contributed by atoms with Crippen LogP contribution in [-0.2, 0) is 6.18 Å². The molecule has 3 heterocycles. The van der Waals surface area contributed by atoms with E-state index >= 15 is 0 Å². The van der Waals surface area contributed by atoms with Crippen LogP contribution in [0.1, 0.15) is 45.6 Å². The zero-order valence-electron chi connectivity index (χ0n) is 21.5. The van der Waals surface area contributed by atoms with Gasteiger partial charge < -0.3 is 10.2 Å². The van der Waals surface area contributed by atoms with Gasteiger partial charge in [0.15, 0.2) is 0 Å². The molecule has 1 aromatic heterocycles. The zero-order chi connectivity index (χ0) is 27.2. The third kappa shape index (κ3) is 4.90. The van der Waals surface area contributed by atoms with E-state index in [9.17, 15) is 18.0 Å². The average Bonchev–Trinajstić information content (AvgIpc) is 3.32. The first kappa shape index (κ1) is 25.2. The van der Waals surface area contributed by atoms with Gasteiger partial charge in [-0.3, -0.25) is 9.89 Å². The number of likely N-dealkylation sites (tertiary alicyclic amines) is 1. The van der Waals surface area contributed by atoms with Crippen molar-refractivity contribution < 1.29 is 18.0 Å². The molecule has 0 aliphatic carbocycles. The topological polar surface area (TPSA) is 61.0 Å². The number of aryl methyl sites for hydroxylation is 1. The third-order valence-electron chi connectivity index (χ3n) is 7.73. The molecule has 6 rings (SSSR count). The highest BCUT2D eigenvalue weighted by Gasteiger charge is 2.45. The summed E-state index contributed by atoms with van der Waals surface area (Å²) in [5, 5.41) is 11.4. The lowest BCUT2D eigenvalue weighted by atomic mass is 9.74. The number of hydrogen-bond acceptors (Lipinski definition) is 3. The summed E-state index contributed by atoms with van der Waals surface area (Å²) in [6.45, 7) is 5.42. The number of amides is 1. The Balaban J connectivity index is 1.31. The van der Waals surface area contributed by atoms with Gasteiger partial charge in [-0.1, -0.05) is 35.7 Å². The molecule has 0 unspecified atom stereocenters. The van der Waals surface area contributed by atoms with Crippen LogP contribution >= 0.6 is 0 Å². The summed E-state index contributed by atoms with van der Waals surface area (Å²) in [6.07, 6.45) is -2.19. The van der Waals surface area contributed by atoms with Gasteiger partial charge >= 0.3 is 6.18 Å². The number of nitrogens with one attached hydrogen (secondary N) is 2. The molecule has 0 saturated carbocycles. The van der Waals surface area contributed by atoms with E-state index in [1.54, 1.807) is 30.3 Å². The quantitative estimate of drug-likeness (QED) is 0.324. The number of carbonyl (C=O) groups is 1. The minimum Gasteiger partial charge on any atom is -0.337 e. The third-order valence-corrected chi connectivity index (χ3v) is 7.73. The van der Waals surface area contributed by atoms with Crippen LogP contribution in [0.4, 0.5) is 13.2 Å². The Morgan fingerprint density at radius 2 is 1.82 bits per heavy atom. The summed E-state index contributed by atoms with van der Waals surface area (Å²) in [5.41, 5.74) is 3.74. The molecular formula is C31H27F3N4O. The van der Waals surface area contributed by atoms with Crippen molar-refractivity contribution in [1.29, 1.82) is 0 Å². The number of hydrogen-bond donors (Lipinski definition) is 2. The lowest BCUT2D eigenvalue weighted by Gasteiger charge is -2.52. The van der Waals surface area contributed by atoms with Crippen LogP contribution in [0.25, 0.3) is 22.0 Å². The van der Waals surface area contributed by atoms with E-state index in [0.717, 1.165) is 56.7 Å². The second-order valence-corrected chi connectivity index (χ2v) is 10.6. The molecule has 2 fully saturated rings. The standard InChI is InChI=1S/C31H27F3N4O/c1-20-3-5-21(6-4-20)25-16-24(31(32,33)34)10-7-22(25)8-11-27-26-15-23(9-12-28(26)37-36-27)29(39)38-18-30(19-38)13-2-14-35-17-30/h3-7,9-10,12,15-16,35H,2,13-14,17-19H2,1H3,(H,36,37). The Labute approximate surface area is 224 Å². The van der Waals surface area contributed by atoms with Gasteiger partial charge in [0, 0.05) is 41.6 Å². The van der Waals surface area contributed by atoms with Crippen LogP contribution in [0.2, 0.25) is 0 Å². The number of aromatic nitrogens is 2. The molecule has 1 amide bonds. The Hall–Kier alpha value is -4.09. The monoisotopic (exact) mass is 528 g/mol. The molecule has 0 atom stereocenters. The number of H-pyrrole nitrogens is 1. The normalized spacial score (nSPS) is 16.6. The first-order valence-corrected chi connectivity index (χ1v) is 13.0. The predicted molar refractivity (Wildman–Crippen MR) is 144 cm³/mol. The van der Waals surface area contributed by atoms with Crippen molar-refractivity contribution in [2.75, 3.05) is 26.2 Å². The molecule has 8 heteroatoms. The molecule has 2 aliphatic rings. The van der Waals surface area contributed by atoms with Crippen molar-refractivity contribution in [1.82, 2.24) is 20.4 Å². The van der Waals surface area contributed by atoms with Crippen molar-refractivity contribution in [3.05, 3.63) is 88.6 Å². The minimum absolute atomic E-state index is 0.0161. The summed E-state index contributed by atoms with van der Waals surface area (Å²) in [5.74, 6) is 6.08. The van der Waals surface area contributed by atoms with E-state index in [1.807, 2.05) is 24.0 Å². The van der Waals surface area contributed by atoms with Gasteiger partial charge in [-0.15, -0.1) is 0 Å². The smallest absolute Gasteiger partial charge is 0.337 e. The largest absolute Gasteiger partial charge is 0.416 e. The maximum atomic E-state index is 13.5. The van der Waals surface area contributed by atoms with Crippen molar-refractivity contribution in [2.24, 2.45) is 5.41 Å². The molecule has 198 valence electrons. The van der Waals surface area contributed by atoms with Gasteiger partial charge in [0.2, 0.25) is 0 Å². The van der Waals surface area contributed by atoms with E-state index in [-0.39, 0.29) is 11.3 Å². The van der Waals surface area contributed by atoms with E-state index in [4.69, 9.17) is 0 Å². The van der Waals surface area contributed by atoms with Gasteiger partial charge in [-0.2, -0.15) is 18.3 Å². The number of alkyl halides is 3. The van der Waals surface area contributed by atoms with Gasteiger partial charge in [-0.05, 0) is 79.8 Å². The highest BCUT2D eigenvalue weighted by Crippen LogP contribution is 2.37. The summed E-state index contributed by atoms with van der Waals surface area (Å²) >= 11 is 0. The summed E-state index contributed by atoms with van der Waals surface area (Å²) in [4.78, 5) is 15.1. The number of nitrogens with zero attached hydrogens (tertiary/aromatic N) is 2. The van der Waals surface area contributed by atoms with Crippen LogP contribution in [0.15, 0.2) is 60.7 Å². The molecular weight excluding hydrogens is 501 g/mol. The fourth-order valence-corrected chi connectivity index (χ4v) is 5.56. The summed E-state index contributed by atoms with van der Waals surface area (Å²) < 4.78 is 40.4. The molecule has 0 radical (unpaired) electrons. The molecule has 2 saturated heterocycles. The lowest BCUT2D eigenvalue weighted by Crippen LogP contribution is -2.63. The van der Waals surface area contributed by atoms with E-state index in [1.165, 1.54) is 6.07 Å². The van der Waals surface area contributed by atoms with Crippen LogP contribution in [0, 0.1) is 24.2 Å². The molecule has 4 aromatic rings. The first-order valence-electron chi connectivity index (χ1n) is 13.0. The Bertz CT molecular complexity index is 1610. The van der Waals surface area contributed by atoms with Crippen molar-refractivity contribution in [3.63, 3.8) is 0 Å². The van der Waals surface area contributed by atoms with Crippen LogP contribution in [-0.4, -0.2) is 47.2 Å². The lowest BCUT2D eigenvalue weighted by molar-refractivity contribution is -0.137. The second-order valence-electron chi connectivity index (χ2n) is 10.6. The number of piperidine rings is 1. The number of benzene rings is 3. The molecule has 5 nitrogen and oxygen atoms in total. The van der Waals surface area contributed by atoms with Gasteiger partial charge in [-0.25, -0.2) is 0 Å². The summed E-state index contributed by atoms with van der Waals surface area (Å²) in [6, 6.07) is 16.3. The average molecular weight is 529 g/mol. The number of fused-ring (bicyclic) bond motifs is 1. The first-order chi connectivity index (χ1) is 18.7. The van der Waals surface area contributed by atoms with Crippen molar-refractivity contribution in [2.45, 2.75) is 25.9 Å². The van der Waals surface area contributed by atoms with Crippen LogP contribution in [0.3, 0.4) is 0 Å². The van der Waals surface area contributed by atoms with Crippen molar-refractivity contribution >= 4 is 16.8 Å². The molecule has 2 N–H and O–H groups in total. The maximum Gasteiger partial charge on any atom is 0.416 e. The van der Waals surface area contributed by atoms with E-state index in [2.05, 4.69) is 27.4 Å². The number of carbonyl (C=O) groups excluding carboxylic acids is 1. The number of halogens is 3. The highest BCUT2D eigenvalue weighted by atomic mass is 19.4. The molecule has 39 heavy (non-hydrogen) atoms. The van der Waals surface area contributed by atoms with Crippen LogP contribution < -0.4 is 5.32 Å². The van der Waals surface area contributed by atoms with Gasteiger partial charge in [0.25, 0.3) is 5.91 Å². The van der Waals surface area contributed by atoms with Crippen LogP contribution in [0.5, 0.6) is 0 Å². The Morgan fingerprint density at radius 1 is 1.03 bits per heavy atom. The minimum atomic E-state index is -4.46. The van der Waals surface area contributed by atoms with Crippen molar-refractivity contribution in [3.8, 4) is 23.0 Å². The predicted octanol–water partition coefficient (Wildman–Crippen LogP) is 5.78. The fraction of sp³-hybridized carbons (Fsp3) is 0.290. The molecule has 1 spiro atoms. The van der Waals surface area contributed by atoms with Gasteiger partial charge in [0.05, 0.1) is 11.1 Å². The Kier molecular flexibility index (Phi) is 6.19. The van der Waals surface area contributed by atoms with E-state index < -0.39 is 11.7 Å². The zero-order valence-corrected chi connectivity index (χ0v) is 21.5. The fourth-order valence-electron chi connectivity index (χ4n) is 5.56. The SMILES string of the molecule is Cc1ccc(-c2cc(C(F)(F)F)ccc2C#Cc2[nH]nc3ccc(C(=O)N4CC5(CCCNC5)C4)cc23)cc1. The maximum absolute atomic E-state index is 13.5. The summed E-state index contributed by atoms with van der Waals surface area (Å²) in [7, 11) is 0. The molecule has 2 aliphatic heterocycles. The number of aromatic amines is 1. The highest BCUT2D eigenvalue weighted by molar-refractivity contribution is 5.99.